The van der Waals surface area contributed by atoms with Gasteiger partial charge in [0.1, 0.15) is 0 Å². The van der Waals surface area contributed by atoms with Crippen molar-refractivity contribution in [2.24, 2.45) is 0 Å². The fourth-order valence-electron chi connectivity index (χ4n) is 2.23. The molecule has 0 saturated carbocycles. The van der Waals surface area contributed by atoms with Gasteiger partial charge in [0.15, 0.2) is 0 Å². The molecule has 0 aromatic heterocycles. The van der Waals surface area contributed by atoms with E-state index in [0.29, 0.717) is 13.1 Å². The van der Waals surface area contributed by atoms with Crippen LogP contribution in [0, 0.1) is 0 Å². The van der Waals surface area contributed by atoms with Crippen molar-refractivity contribution in [1.29, 1.82) is 0 Å². The van der Waals surface area contributed by atoms with Gasteiger partial charge in [-0.25, -0.2) is 0 Å². The topological polar surface area (TPSA) is 35.5 Å². The van der Waals surface area contributed by atoms with Crippen LogP contribution < -0.4 is 0 Å². The first-order valence-electron chi connectivity index (χ1n) is 8.54. The Hall–Kier alpha value is -0.570. The smallest absolute Gasteiger partial charge is 0.293 e. The van der Waals surface area contributed by atoms with Crippen LogP contribution in [0.4, 0.5) is 0 Å². The molecule has 0 amide bonds. The lowest BCUT2D eigenvalue weighted by Gasteiger charge is -2.04. The normalized spacial score (nSPS) is 10.7. The Labute approximate surface area is 125 Å². The zero-order chi connectivity index (χ0) is 14.7. The van der Waals surface area contributed by atoms with Crippen LogP contribution in [-0.2, 0) is 14.3 Å². The summed E-state index contributed by atoms with van der Waals surface area (Å²) in [5, 5.41) is 0. The number of ether oxygens (including phenoxy) is 2. The molecule has 3 heteroatoms. The van der Waals surface area contributed by atoms with Gasteiger partial charge in [0.2, 0.25) is 0 Å². The molecular weight excluding hydrogens is 252 g/mol. The molecule has 0 aromatic carbocycles. The van der Waals surface area contributed by atoms with Crippen LogP contribution in [0.25, 0.3) is 0 Å². The van der Waals surface area contributed by atoms with Crippen molar-refractivity contribution in [2.45, 2.75) is 84.0 Å². The molecule has 0 bridgehead atoms. The summed E-state index contributed by atoms with van der Waals surface area (Å²) in [6.45, 7) is 5.21. The average molecular weight is 286 g/mol. The van der Waals surface area contributed by atoms with Gasteiger partial charge in [0, 0.05) is 13.2 Å². The van der Waals surface area contributed by atoms with E-state index in [9.17, 15) is 4.79 Å². The maximum Gasteiger partial charge on any atom is 0.293 e. The molecule has 0 heterocycles. The molecule has 0 fully saturated rings. The third-order valence-corrected chi connectivity index (χ3v) is 3.51. The molecule has 120 valence electrons. The van der Waals surface area contributed by atoms with Crippen molar-refractivity contribution in [3.63, 3.8) is 0 Å². The molecule has 0 unspecified atom stereocenters. The predicted octanol–water partition coefficient (Wildman–Crippen LogP) is 4.88. The van der Waals surface area contributed by atoms with E-state index in [4.69, 9.17) is 4.74 Å². The van der Waals surface area contributed by atoms with E-state index in [1.807, 2.05) is 0 Å². The SMILES string of the molecule is CCCCCCCCOCCCCCCCCOC=O. The zero-order valence-corrected chi connectivity index (χ0v) is 13.4. The first-order chi connectivity index (χ1) is 9.91. The highest BCUT2D eigenvalue weighted by molar-refractivity contribution is 5.36. The molecule has 0 N–H and O–H groups in total. The average Bonchev–Trinajstić information content (AvgIpc) is 2.47. The first-order valence-corrected chi connectivity index (χ1v) is 8.54. The minimum Gasteiger partial charge on any atom is -0.468 e. The molecule has 0 aliphatic rings. The highest BCUT2D eigenvalue weighted by atomic mass is 16.5. The lowest BCUT2D eigenvalue weighted by atomic mass is 10.1. The Balaban J connectivity index is 2.90. The van der Waals surface area contributed by atoms with E-state index < -0.39 is 0 Å². The summed E-state index contributed by atoms with van der Waals surface area (Å²) in [6.07, 6.45) is 15.1. The van der Waals surface area contributed by atoms with Crippen molar-refractivity contribution < 1.29 is 14.3 Å². The van der Waals surface area contributed by atoms with Crippen LogP contribution in [0.2, 0.25) is 0 Å². The summed E-state index contributed by atoms with van der Waals surface area (Å²) in [7, 11) is 0. The minimum atomic E-state index is 0.529. The summed E-state index contributed by atoms with van der Waals surface area (Å²) >= 11 is 0. The maximum absolute atomic E-state index is 9.92. The molecule has 20 heavy (non-hydrogen) atoms. The van der Waals surface area contributed by atoms with Crippen molar-refractivity contribution >= 4 is 6.47 Å². The minimum absolute atomic E-state index is 0.529. The molecule has 3 nitrogen and oxygen atoms in total. The van der Waals surface area contributed by atoms with Crippen LogP contribution in [-0.4, -0.2) is 26.3 Å². The van der Waals surface area contributed by atoms with Gasteiger partial charge in [-0.05, 0) is 19.3 Å². The van der Waals surface area contributed by atoms with Crippen LogP contribution in [0.15, 0.2) is 0 Å². The number of unbranched alkanes of at least 4 members (excludes halogenated alkanes) is 10. The Kier molecular flexibility index (Phi) is 17.9. The number of hydrogen-bond acceptors (Lipinski definition) is 3. The Morgan fingerprint density at radius 1 is 0.650 bits per heavy atom. The summed E-state index contributed by atoms with van der Waals surface area (Å²) in [6, 6.07) is 0. The lowest BCUT2D eigenvalue weighted by molar-refractivity contribution is -0.128. The van der Waals surface area contributed by atoms with E-state index in [2.05, 4.69) is 11.7 Å². The number of rotatable bonds is 17. The van der Waals surface area contributed by atoms with E-state index in [1.54, 1.807) is 0 Å². The molecular formula is C17H34O3. The van der Waals surface area contributed by atoms with Gasteiger partial charge in [0.05, 0.1) is 6.61 Å². The standard InChI is InChI=1S/C17H34O3/c1-2-3-4-5-8-11-14-19-15-12-9-6-7-10-13-16-20-17-18/h17H,2-16H2,1H3. The molecule has 0 aliphatic carbocycles. The second kappa shape index (κ2) is 18.4. The highest BCUT2D eigenvalue weighted by Crippen LogP contribution is 2.07. The van der Waals surface area contributed by atoms with E-state index in [1.165, 1.54) is 64.2 Å². The van der Waals surface area contributed by atoms with Gasteiger partial charge >= 0.3 is 0 Å². The Bertz CT molecular complexity index is 183. The van der Waals surface area contributed by atoms with Crippen molar-refractivity contribution in [1.82, 2.24) is 0 Å². The van der Waals surface area contributed by atoms with E-state index >= 15 is 0 Å². The Morgan fingerprint density at radius 3 is 1.60 bits per heavy atom. The Morgan fingerprint density at radius 2 is 1.10 bits per heavy atom. The number of carbonyl (C=O) groups excluding carboxylic acids is 1. The predicted molar refractivity (Wildman–Crippen MR) is 83.9 cm³/mol. The lowest BCUT2D eigenvalue weighted by Crippen LogP contribution is -1.97. The van der Waals surface area contributed by atoms with Crippen molar-refractivity contribution in [2.75, 3.05) is 19.8 Å². The first kappa shape index (κ1) is 19.4. The molecule has 0 radical (unpaired) electrons. The third-order valence-electron chi connectivity index (χ3n) is 3.51. The fourth-order valence-corrected chi connectivity index (χ4v) is 2.23. The molecule has 0 saturated heterocycles. The van der Waals surface area contributed by atoms with Crippen LogP contribution in [0.1, 0.15) is 84.0 Å². The van der Waals surface area contributed by atoms with Crippen molar-refractivity contribution in [3.05, 3.63) is 0 Å². The van der Waals surface area contributed by atoms with Gasteiger partial charge in [-0.15, -0.1) is 0 Å². The molecule has 0 atom stereocenters. The van der Waals surface area contributed by atoms with Gasteiger partial charge in [-0.3, -0.25) is 4.79 Å². The monoisotopic (exact) mass is 286 g/mol. The second-order valence-electron chi connectivity index (χ2n) is 5.47. The summed E-state index contributed by atoms with van der Waals surface area (Å²) in [4.78, 5) is 9.92. The van der Waals surface area contributed by atoms with Gasteiger partial charge in [-0.2, -0.15) is 0 Å². The van der Waals surface area contributed by atoms with E-state index in [-0.39, 0.29) is 0 Å². The van der Waals surface area contributed by atoms with E-state index in [0.717, 1.165) is 26.1 Å². The second-order valence-corrected chi connectivity index (χ2v) is 5.47. The maximum atomic E-state index is 9.92. The van der Waals surface area contributed by atoms with Crippen LogP contribution >= 0.6 is 0 Å². The third kappa shape index (κ3) is 17.4. The number of hydrogen-bond donors (Lipinski definition) is 0. The van der Waals surface area contributed by atoms with Gasteiger partial charge in [-0.1, -0.05) is 64.7 Å². The quantitative estimate of drug-likeness (QED) is 0.282. The van der Waals surface area contributed by atoms with Gasteiger partial charge < -0.3 is 9.47 Å². The molecule has 0 rings (SSSR count). The molecule has 0 spiro atoms. The highest BCUT2D eigenvalue weighted by Gasteiger charge is 1.94. The zero-order valence-electron chi connectivity index (χ0n) is 13.4. The molecule has 0 aromatic rings. The van der Waals surface area contributed by atoms with Crippen LogP contribution in [0.5, 0.6) is 0 Å². The summed E-state index contributed by atoms with van der Waals surface area (Å²) < 4.78 is 10.3. The largest absolute Gasteiger partial charge is 0.468 e. The van der Waals surface area contributed by atoms with Crippen LogP contribution in [0.3, 0.4) is 0 Å². The number of carbonyl (C=O) groups is 1. The molecule has 0 aliphatic heterocycles. The van der Waals surface area contributed by atoms with Gasteiger partial charge in [0.25, 0.3) is 6.47 Å². The fraction of sp³-hybridized carbons (Fsp3) is 0.941. The van der Waals surface area contributed by atoms with Crippen molar-refractivity contribution in [3.8, 4) is 0 Å². The summed E-state index contributed by atoms with van der Waals surface area (Å²) in [5.41, 5.74) is 0. The summed E-state index contributed by atoms with van der Waals surface area (Å²) in [5.74, 6) is 0.